The Labute approximate surface area is 395 Å². The quantitative estimate of drug-likeness (QED) is 0.142. The molecule has 318 valence electrons. The topological polar surface area (TPSA) is 16.4 Å². The van der Waals surface area contributed by atoms with Crippen molar-refractivity contribution in [3.8, 4) is 55.6 Å². The highest BCUT2D eigenvalue weighted by Gasteiger charge is 2.24. The molecular weight excluding hydrogens is 823 g/mol. The Morgan fingerprint density at radius 2 is 0.765 bits per heavy atom. The number of rotatable bonds is 8. The normalized spacial score (nSPS) is 11.5. The van der Waals surface area contributed by atoms with Gasteiger partial charge in [0.15, 0.2) is 5.58 Å². The Morgan fingerprint density at radius 3 is 1.53 bits per heavy atom. The standard InChI is InChI=1S/C66H43NO/c1-3-18-48(19-4-1)64-58-27-10-9-25-55(58)56-42-39-50(43-60(56)65(64)49-20-5-2-6-21-49)54-24-11-13-30-61(54)67(62-31-16-29-59-57-26-12-14-32-63(57)68-66(59)62)51-40-37-45(38-41-51)44-33-35-47(36-34-44)53-28-15-22-46-17-7-8-23-52(46)53/h1-43H. The van der Waals surface area contributed by atoms with E-state index in [9.17, 15) is 0 Å². The van der Waals surface area contributed by atoms with E-state index in [-0.39, 0.29) is 0 Å². The van der Waals surface area contributed by atoms with E-state index in [1.54, 1.807) is 0 Å². The highest BCUT2D eigenvalue weighted by molar-refractivity contribution is 6.22. The number of fused-ring (bicyclic) bond motifs is 7. The van der Waals surface area contributed by atoms with Gasteiger partial charge in [-0.2, -0.15) is 0 Å². The fourth-order valence-electron chi connectivity index (χ4n) is 10.5. The van der Waals surface area contributed by atoms with Crippen LogP contribution in [0.2, 0.25) is 0 Å². The van der Waals surface area contributed by atoms with Crippen LogP contribution in [-0.2, 0) is 0 Å². The SMILES string of the molecule is c1ccc(-c2c(-c3ccccc3)c3cc(-c4ccccc4N(c4ccc(-c5ccc(-c6cccc7ccccc67)cc5)cc4)c4cccc5c4oc4ccccc45)ccc3c3ccccc23)cc1. The minimum atomic E-state index is 0.848. The average molecular weight is 866 g/mol. The van der Waals surface area contributed by atoms with Crippen LogP contribution in [0.1, 0.15) is 0 Å². The third-order valence-electron chi connectivity index (χ3n) is 13.7. The van der Waals surface area contributed by atoms with Crippen molar-refractivity contribution in [2.24, 2.45) is 0 Å². The molecule has 0 radical (unpaired) electrons. The summed E-state index contributed by atoms with van der Waals surface area (Å²) in [6.07, 6.45) is 0. The molecule has 0 spiro atoms. The predicted octanol–water partition coefficient (Wildman–Crippen LogP) is 18.9. The molecule has 0 aliphatic rings. The zero-order valence-electron chi connectivity index (χ0n) is 37.2. The van der Waals surface area contributed by atoms with Crippen molar-refractivity contribution in [1.82, 2.24) is 0 Å². The summed E-state index contributed by atoms with van der Waals surface area (Å²) >= 11 is 0. The first-order chi connectivity index (χ1) is 33.7. The lowest BCUT2D eigenvalue weighted by atomic mass is 9.84. The maximum Gasteiger partial charge on any atom is 0.159 e. The van der Waals surface area contributed by atoms with Gasteiger partial charge in [-0.15, -0.1) is 0 Å². The summed E-state index contributed by atoms with van der Waals surface area (Å²) < 4.78 is 6.80. The smallest absolute Gasteiger partial charge is 0.159 e. The van der Waals surface area contributed by atoms with E-state index in [0.717, 1.165) is 55.7 Å². The molecule has 2 heteroatoms. The average Bonchev–Trinajstić information content (AvgIpc) is 3.81. The van der Waals surface area contributed by atoms with Crippen LogP contribution >= 0.6 is 0 Å². The third kappa shape index (κ3) is 6.65. The second-order valence-corrected chi connectivity index (χ2v) is 17.5. The number of anilines is 3. The largest absolute Gasteiger partial charge is 0.454 e. The molecule has 1 heterocycles. The van der Waals surface area contributed by atoms with Gasteiger partial charge in [-0.1, -0.05) is 224 Å². The Bertz CT molecular complexity index is 3990. The van der Waals surface area contributed by atoms with Crippen LogP contribution in [-0.4, -0.2) is 0 Å². The fourth-order valence-corrected chi connectivity index (χ4v) is 10.5. The van der Waals surface area contributed by atoms with Gasteiger partial charge in [0.25, 0.3) is 0 Å². The maximum atomic E-state index is 6.80. The monoisotopic (exact) mass is 865 g/mol. The third-order valence-corrected chi connectivity index (χ3v) is 13.7. The highest BCUT2D eigenvalue weighted by atomic mass is 16.3. The first-order valence-corrected chi connectivity index (χ1v) is 23.3. The molecule has 0 aliphatic heterocycles. The van der Waals surface area contributed by atoms with E-state index in [4.69, 9.17) is 4.42 Å². The first kappa shape index (κ1) is 39.4. The molecule has 0 bridgehead atoms. The van der Waals surface area contributed by atoms with Gasteiger partial charge in [0.1, 0.15) is 5.58 Å². The van der Waals surface area contributed by atoms with Gasteiger partial charge in [-0.3, -0.25) is 0 Å². The van der Waals surface area contributed by atoms with Crippen LogP contribution in [0.5, 0.6) is 0 Å². The van der Waals surface area contributed by atoms with Gasteiger partial charge in [0, 0.05) is 22.0 Å². The zero-order valence-corrected chi connectivity index (χ0v) is 37.2. The van der Waals surface area contributed by atoms with Crippen molar-refractivity contribution in [1.29, 1.82) is 0 Å². The second-order valence-electron chi connectivity index (χ2n) is 17.5. The van der Waals surface area contributed by atoms with E-state index >= 15 is 0 Å². The van der Waals surface area contributed by atoms with Crippen molar-refractivity contribution < 1.29 is 4.42 Å². The number of hydrogen-bond acceptors (Lipinski definition) is 2. The van der Waals surface area contributed by atoms with E-state index in [2.05, 4.69) is 260 Å². The molecule has 0 unspecified atom stereocenters. The molecule has 0 amide bonds. The van der Waals surface area contributed by atoms with Crippen molar-refractivity contribution in [2.75, 3.05) is 4.90 Å². The van der Waals surface area contributed by atoms with Gasteiger partial charge < -0.3 is 9.32 Å². The van der Waals surface area contributed by atoms with E-state index in [1.165, 1.54) is 71.3 Å². The summed E-state index contributed by atoms with van der Waals surface area (Å²) in [4.78, 5) is 2.38. The van der Waals surface area contributed by atoms with E-state index in [1.807, 2.05) is 6.07 Å². The first-order valence-electron chi connectivity index (χ1n) is 23.3. The van der Waals surface area contributed by atoms with Crippen molar-refractivity contribution in [3.63, 3.8) is 0 Å². The van der Waals surface area contributed by atoms with Gasteiger partial charge >= 0.3 is 0 Å². The molecule has 2 nitrogen and oxygen atoms in total. The maximum absolute atomic E-state index is 6.80. The van der Waals surface area contributed by atoms with Crippen LogP contribution < -0.4 is 4.90 Å². The minimum Gasteiger partial charge on any atom is -0.454 e. The molecule has 12 aromatic carbocycles. The molecular formula is C66H43NO. The molecule has 68 heavy (non-hydrogen) atoms. The van der Waals surface area contributed by atoms with Crippen LogP contribution in [0.15, 0.2) is 265 Å². The second kappa shape index (κ2) is 16.5. The lowest BCUT2D eigenvalue weighted by Crippen LogP contribution is -2.11. The minimum absolute atomic E-state index is 0.848. The molecule has 13 aromatic rings. The summed E-state index contributed by atoms with van der Waals surface area (Å²) in [7, 11) is 0. The van der Waals surface area contributed by atoms with Gasteiger partial charge in [0.2, 0.25) is 0 Å². The molecule has 0 fully saturated rings. The number of nitrogens with zero attached hydrogens (tertiary/aromatic N) is 1. The van der Waals surface area contributed by atoms with Crippen LogP contribution in [0.3, 0.4) is 0 Å². The number of para-hydroxylation sites is 3. The van der Waals surface area contributed by atoms with Gasteiger partial charge in [-0.25, -0.2) is 0 Å². The Hall–Kier alpha value is -8.98. The Kier molecular flexibility index (Phi) is 9.54. The molecule has 0 N–H and O–H groups in total. The molecule has 0 aliphatic carbocycles. The summed E-state index contributed by atoms with van der Waals surface area (Å²) in [5.74, 6) is 0. The Morgan fingerprint density at radius 1 is 0.265 bits per heavy atom. The summed E-state index contributed by atoms with van der Waals surface area (Å²) in [5, 5.41) is 9.61. The number of benzene rings is 12. The molecule has 13 rings (SSSR count). The number of hydrogen-bond donors (Lipinski definition) is 0. The molecule has 0 saturated carbocycles. The summed E-state index contributed by atoms with van der Waals surface area (Å²) in [5.41, 5.74) is 16.6. The van der Waals surface area contributed by atoms with Crippen molar-refractivity contribution in [3.05, 3.63) is 261 Å². The number of furan rings is 1. The van der Waals surface area contributed by atoms with Crippen molar-refractivity contribution >= 4 is 71.3 Å². The van der Waals surface area contributed by atoms with E-state index in [0.29, 0.717) is 0 Å². The van der Waals surface area contributed by atoms with Crippen LogP contribution in [0, 0.1) is 0 Å². The highest BCUT2D eigenvalue weighted by Crippen LogP contribution is 2.49. The van der Waals surface area contributed by atoms with Crippen LogP contribution in [0.25, 0.3) is 110 Å². The predicted molar refractivity (Wildman–Crippen MR) is 288 cm³/mol. The zero-order chi connectivity index (χ0) is 45.0. The summed E-state index contributed by atoms with van der Waals surface area (Å²) in [6, 6.07) is 94.4. The van der Waals surface area contributed by atoms with Crippen molar-refractivity contribution in [2.45, 2.75) is 0 Å². The fraction of sp³-hybridized carbons (Fsp3) is 0. The summed E-state index contributed by atoms with van der Waals surface area (Å²) in [6.45, 7) is 0. The molecule has 0 saturated heterocycles. The van der Waals surface area contributed by atoms with Gasteiger partial charge in [0.05, 0.1) is 11.4 Å². The van der Waals surface area contributed by atoms with Gasteiger partial charge in [-0.05, 0) is 119 Å². The molecule has 1 aromatic heterocycles. The van der Waals surface area contributed by atoms with E-state index < -0.39 is 0 Å². The van der Waals surface area contributed by atoms with Crippen LogP contribution in [0.4, 0.5) is 17.1 Å². The Balaban J connectivity index is 0.990. The lowest BCUT2D eigenvalue weighted by molar-refractivity contribution is 0.669. The lowest BCUT2D eigenvalue weighted by Gasteiger charge is -2.28. The molecule has 0 atom stereocenters.